The minimum absolute atomic E-state index is 0.107. The third kappa shape index (κ3) is 3.59. The molecule has 0 spiro atoms. The van der Waals surface area contributed by atoms with Gasteiger partial charge in [0.15, 0.2) is 11.5 Å². The van der Waals surface area contributed by atoms with Crippen LogP contribution in [0.2, 0.25) is 0 Å². The Hall–Kier alpha value is -1.83. The summed E-state index contributed by atoms with van der Waals surface area (Å²) in [7, 11) is 0. The molecule has 18 heavy (non-hydrogen) atoms. The number of amidine groups is 1. The molecule has 0 bridgehead atoms. The molecular weight excluding hydrogens is 256 g/mol. The number of nitrogens with zero attached hydrogens (tertiary/aromatic N) is 3. The van der Waals surface area contributed by atoms with Crippen molar-refractivity contribution in [1.82, 2.24) is 4.98 Å². The molecule has 0 unspecified atom stereocenters. The molecule has 0 saturated carbocycles. The molecule has 8 heteroatoms. The Labute approximate surface area is 108 Å². The highest BCUT2D eigenvalue weighted by Gasteiger charge is 2.19. The standard InChI is InChI=1S/C10H14N4O3S/c1-2-3-6-18-8-5-4-7(14(16)17)9(12-8)10(11)13-15/h4-5,15H,2-3,6H2,1H3,(H2,11,13). The number of unbranched alkanes of at least 4 members (excludes halogenated alkanes) is 1. The number of rotatable bonds is 6. The molecule has 0 atom stereocenters. The number of hydrogen-bond acceptors (Lipinski definition) is 6. The van der Waals surface area contributed by atoms with Gasteiger partial charge in [0.05, 0.1) is 9.95 Å². The number of nitro groups is 1. The van der Waals surface area contributed by atoms with Gasteiger partial charge < -0.3 is 10.9 Å². The lowest BCUT2D eigenvalue weighted by Gasteiger charge is -2.04. The first-order valence-electron chi connectivity index (χ1n) is 5.36. The molecule has 7 nitrogen and oxygen atoms in total. The van der Waals surface area contributed by atoms with Gasteiger partial charge in [-0.2, -0.15) is 0 Å². The molecule has 0 amide bonds. The predicted molar refractivity (Wildman–Crippen MR) is 69.0 cm³/mol. The smallest absolute Gasteiger partial charge is 0.298 e. The number of thioether (sulfide) groups is 1. The monoisotopic (exact) mass is 270 g/mol. The van der Waals surface area contributed by atoms with Gasteiger partial charge in [0.1, 0.15) is 0 Å². The van der Waals surface area contributed by atoms with Crippen LogP contribution in [0.3, 0.4) is 0 Å². The summed E-state index contributed by atoms with van der Waals surface area (Å²) in [6.45, 7) is 2.08. The topological polar surface area (TPSA) is 115 Å². The van der Waals surface area contributed by atoms with Crippen molar-refractivity contribution in [3.8, 4) is 0 Å². The minimum atomic E-state index is -0.610. The van der Waals surface area contributed by atoms with Crippen LogP contribution < -0.4 is 5.73 Å². The number of pyridine rings is 1. The largest absolute Gasteiger partial charge is 0.409 e. The van der Waals surface area contributed by atoms with Crippen molar-refractivity contribution in [2.75, 3.05) is 5.75 Å². The highest BCUT2D eigenvalue weighted by atomic mass is 32.2. The van der Waals surface area contributed by atoms with Crippen LogP contribution in [0, 0.1) is 10.1 Å². The maximum absolute atomic E-state index is 10.8. The van der Waals surface area contributed by atoms with Crippen LogP contribution in [0.4, 0.5) is 5.69 Å². The van der Waals surface area contributed by atoms with Crippen LogP contribution in [-0.2, 0) is 0 Å². The summed E-state index contributed by atoms with van der Waals surface area (Å²) in [6, 6.07) is 2.88. The second kappa shape index (κ2) is 6.80. The molecule has 0 aliphatic heterocycles. The van der Waals surface area contributed by atoms with Crippen LogP contribution in [0.5, 0.6) is 0 Å². The molecule has 0 radical (unpaired) electrons. The van der Waals surface area contributed by atoms with E-state index < -0.39 is 4.92 Å². The van der Waals surface area contributed by atoms with Crippen LogP contribution in [0.25, 0.3) is 0 Å². The van der Waals surface area contributed by atoms with Crippen LogP contribution in [-0.4, -0.2) is 26.7 Å². The number of nitrogens with two attached hydrogens (primary N) is 1. The Balaban J connectivity index is 3.02. The normalized spacial score (nSPS) is 11.5. The fourth-order valence-corrected chi connectivity index (χ4v) is 2.18. The van der Waals surface area contributed by atoms with Crippen molar-refractivity contribution >= 4 is 23.3 Å². The minimum Gasteiger partial charge on any atom is -0.409 e. The number of hydrogen-bond donors (Lipinski definition) is 2. The zero-order valence-corrected chi connectivity index (χ0v) is 10.7. The molecule has 1 rings (SSSR count). The van der Waals surface area contributed by atoms with Gasteiger partial charge >= 0.3 is 0 Å². The molecule has 98 valence electrons. The summed E-state index contributed by atoms with van der Waals surface area (Å²) in [6.07, 6.45) is 2.09. The second-order valence-electron chi connectivity index (χ2n) is 3.46. The van der Waals surface area contributed by atoms with Gasteiger partial charge in [0, 0.05) is 6.07 Å². The fraction of sp³-hybridized carbons (Fsp3) is 0.400. The second-order valence-corrected chi connectivity index (χ2v) is 4.58. The summed E-state index contributed by atoms with van der Waals surface area (Å²) < 4.78 is 0. The zero-order valence-electron chi connectivity index (χ0n) is 9.87. The molecule has 3 N–H and O–H groups in total. The van der Waals surface area contributed by atoms with Crippen LogP contribution in [0.15, 0.2) is 22.3 Å². The van der Waals surface area contributed by atoms with E-state index in [1.54, 1.807) is 6.07 Å². The van der Waals surface area contributed by atoms with Crippen molar-refractivity contribution in [3.05, 3.63) is 27.9 Å². The average molecular weight is 270 g/mol. The lowest BCUT2D eigenvalue weighted by molar-refractivity contribution is -0.385. The molecule has 0 aromatic carbocycles. The van der Waals surface area contributed by atoms with Gasteiger partial charge in [0.25, 0.3) is 5.69 Å². The van der Waals surface area contributed by atoms with Gasteiger partial charge in [-0.05, 0) is 18.2 Å². The molecular formula is C10H14N4O3S. The first kappa shape index (κ1) is 14.2. The Morgan fingerprint density at radius 3 is 2.94 bits per heavy atom. The van der Waals surface area contributed by atoms with E-state index in [1.807, 2.05) is 0 Å². The quantitative estimate of drug-likeness (QED) is 0.155. The highest BCUT2D eigenvalue weighted by molar-refractivity contribution is 7.99. The van der Waals surface area contributed by atoms with Crippen molar-refractivity contribution in [1.29, 1.82) is 0 Å². The maximum atomic E-state index is 10.8. The molecule has 0 aliphatic rings. The average Bonchev–Trinajstić information content (AvgIpc) is 2.37. The van der Waals surface area contributed by atoms with E-state index in [2.05, 4.69) is 17.1 Å². The van der Waals surface area contributed by atoms with E-state index in [9.17, 15) is 10.1 Å². The maximum Gasteiger partial charge on any atom is 0.298 e. The summed E-state index contributed by atoms with van der Waals surface area (Å²) in [5.41, 5.74) is 5.00. The summed E-state index contributed by atoms with van der Waals surface area (Å²) in [5.74, 6) is 0.511. The molecule has 0 fully saturated rings. The Bertz CT molecular complexity index is 464. The predicted octanol–water partition coefficient (Wildman–Crippen LogP) is 1.98. The van der Waals surface area contributed by atoms with E-state index in [0.717, 1.165) is 18.6 Å². The van der Waals surface area contributed by atoms with E-state index in [0.29, 0.717) is 5.03 Å². The van der Waals surface area contributed by atoms with E-state index >= 15 is 0 Å². The van der Waals surface area contributed by atoms with Crippen molar-refractivity contribution in [2.45, 2.75) is 24.8 Å². The lowest BCUT2D eigenvalue weighted by atomic mass is 10.3. The summed E-state index contributed by atoms with van der Waals surface area (Å²) in [4.78, 5) is 14.2. The van der Waals surface area contributed by atoms with E-state index in [4.69, 9.17) is 10.9 Å². The molecule has 1 aromatic rings. The van der Waals surface area contributed by atoms with Crippen molar-refractivity contribution in [2.24, 2.45) is 10.9 Å². The Kier molecular flexibility index (Phi) is 5.37. The highest BCUT2D eigenvalue weighted by Crippen LogP contribution is 2.23. The van der Waals surface area contributed by atoms with Crippen molar-refractivity contribution < 1.29 is 10.1 Å². The van der Waals surface area contributed by atoms with Gasteiger partial charge in [-0.1, -0.05) is 18.5 Å². The lowest BCUT2D eigenvalue weighted by Crippen LogP contribution is -2.17. The SMILES string of the molecule is CCCCSc1ccc([N+](=O)[O-])c(/C(N)=N/O)n1. The summed E-state index contributed by atoms with van der Waals surface area (Å²) in [5, 5.41) is 22.8. The van der Waals surface area contributed by atoms with Crippen LogP contribution in [0.1, 0.15) is 25.5 Å². The van der Waals surface area contributed by atoms with Gasteiger partial charge in [-0.15, -0.1) is 11.8 Å². The Morgan fingerprint density at radius 2 is 2.39 bits per heavy atom. The van der Waals surface area contributed by atoms with Gasteiger partial charge in [0.2, 0.25) is 0 Å². The molecule has 1 aromatic heterocycles. The first-order chi connectivity index (χ1) is 8.60. The van der Waals surface area contributed by atoms with Gasteiger partial charge in [-0.3, -0.25) is 10.1 Å². The van der Waals surface area contributed by atoms with Crippen molar-refractivity contribution in [3.63, 3.8) is 0 Å². The molecule has 1 heterocycles. The van der Waals surface area contributed by atoms with Gasteiger partial charge in [-0.25, -0.2) is 4.98 Å². The van der Waals surface area contributed by atoms with E-state index in [1.165, 1.54) is 17.8 Å². The van der Waals surface area contributed by atoms with Crippen LogP contribution >= 0.6 is 11.8 Å². The zero-order chi connectivity index (χ0) is 13.5. The number of oxime groups is 1. The Morgan fingerprint density at radius 1 is 1.67 bits per heavy atom. The van der Waals surface area contributed by atoms with E-state index in [-0.39, 0.29) is 17.2 Å². The third-order valence-corrected chi connectivity index (χ3v) is 3.16. The summed E-state index contributed by atoms with van der Waals surface area (Å²) >= 11 is 1.48. The number of aromatic nitrogens is 1. The first-order valence-corrected chi connectivity index (χ1v) is 6.34. The fourth-order valence-electron chi connectivity index (χ4n) is 1.22. The third-order valence-electron chi connectivity index (χ3n) is 2.14. The molecule has 0 aliphatic carbocycles. The molecule has 0 saturated heterocycles.